The van der Waals surface area contributed by atoms with Crippen LogP contribution in [0.5, 0.6) is 0 Å². The van der Waals surface area contributed by atoms with E-state index in [1.807, 2.05) is 0 Å². The van der Waals surface area contributed by atoms with Crippen LogP contribution in [0.2, 0.25) is 0 Å². The highest BCUT2D eigenvalue weighted by Crippen LogP contribution is 2.31. The summed E-state index contributed by atoms with van der Waals surface area (Å²) in [5.74, 6) is 0.765. The molecular formula is C16H25N. The monoisotopic (exact) mass is 231 g/mol. The van der Waals surface area contributed by atoms with E-state index in [0.29, 0.717) is 6.04 Å². The molecule has 17 heavy (non-hydrogen) atoms. The van der Waals surface area contributed by atoms with Gasteiger partial charge in [0.2, 0.25) is 0 Å². The second-order valence-corrected chi connectivity index (χ2v) is 5.30. The predicted octanol–water partition coefficient (Wildman–Crippen LogP) is 3.88. The molecule has 1 aliphatic rings. The first-order valence-electron chi connectivity index (χ1n) is 7.09. The van der Waals surface area contributed by atoms with Crippen LogP contribution >= 0.6 is 0 Å². The Hall–Kier alpha value is -0.820. The summed E-state index contributed by atoms with van der Waals surface area (Å²) >= 11 is 0. The average molecular weight is 231 g/mol. The molecule has 1 aromatic carbocycles. The van der Waals surface area contributed by atoms with Crippen LogP contribution in [-0.2, 0) is 6.42 Å². The molecule has 2 rings (SSSR count). The van der Waals surface area contributed by atoms with Gasteiger partial charge in [0.25, 0.3) is 0 Å². The Balaban J connectivity index is 2.08. The molecule has 0 saturated heterocycles. The standard InChI is InChI=1S/C16H25N/c1-3-13-8-10-14(11-9-13)15-6-4-5-7-16(12-15)17-2/h8-11,15-17H,3-7,12H2,1-2H3. The van der Waals surface area contributed by atoms with Gasteiger partial charge in [-0.2, -0.15) is 0 Å². The number of aryl methyl sites for hydroxylation is 1. The molecule has 1 heteroatoms. The number of benzene rings is 1. The van der Waals surface area contributed by atoms with Gasteiger partial charge in [-0.3, -0.25) is 0 Å². The molecule has 2 unspecified atom stereocenters. The zero-order chi connectivity index (χ0) is 12.1. The Bertz CT molecular complexity index is 328. The smallest absolute Gasteiger partial charge is 0.00698 e. The molecule has 0 amide bonds. The van der Waals surface area contributed by atoms with Gasteiger partial charge in [0.15, 0.2) is 0 Å². The summed E-state index contributed by atoms with van der Waals surface area (Å²) in [6, 6.07) is 10.0. The fourth-order valence-corrected chi connectivity index (χ4v) is 2.95. The maximum absolute atomic E-state index is 3.47. The first-order chi connectivity index (χ1) is 8.33. The molecule has 1 aliphatic carbocycles. The Labute approximate surface area is 106 Å². The van der Waals surface area contributed by atoms with E-state index in [1.165, 1.54) is 37.7 Å². The van der Waals surface area contributed by atoms with Gasteiger partial charge in [-0.1, -0.05) is 44.0 Å². The summed E-state index contributed by atoms with van der Waals surface area (Å²) in [5, 5.41) is 3.47. The predicted molar refractivity (Wildman–Crippen MR) is 74.5 cm³/mol. The van der Waals surface area contributed by atoms with Crippen molar-refractivity contribution in [1.82, 2.24) is 5.32 Å². The number of rotatable bonds is 3. The van der Waals surface area contributed by atoms with Gasteiger partial charge in [-0.25, -0.2) is 0 Å². The lowest BCUT2D eigenvalue weighted by molar-refractivity contribution is 0.471. The largest absolute Gasteiger partial charge is 0.317 e. The van der Waals surface area contributed by atoms with E-state index < -0.39 is 0 Å². The van der Waals surface area contributed by atoms with Crippen molar-refractivity contribution in [2.75, 3.05) is 7.05 Å². The third kappa shape index (κ3) is 3.32. The first kappa shape index (κ1) is 12.6. The Kier molecular flexibility index (Phi) is 4.61. The lowest BCUT2D eigenvalue weighted by Gasteiger charge is -2.20. The molecule has 0 aromatic heterocycles. The molecule has 1 aromatic rings. The van der Waals surface area contributed by atoms with Gasteiger partial charge in [-0.15, -0.1) is 0 Å². The Morgan fingerprint density at radius 1 is 1.12 bits per heavy atom. The molecule has 0 spiro atoms. The highest BCUT2D eigenvalue weighted by atomic mass is 14.9. The Morgan fingerprint density at radius 2 is 1.82 bits per heavy atom. The van der Waals surface area contributed by atoms with Crippen molar-refractivity contribution >= 4 is 0 Å². The van der Waals surface area contributed by atoms with Crippen LogP contribution in [0.3, 0.4) is 0 Å². The van der Waals surface area contributed by atoms with Crippen LogP contribution < -0.4 is 5.32 Å². The Morgan fingerprint density at radius 3 is 2.47 bits per heavy atom. The van der Waals surface area contributed by atoms with Crippen molar-refractivity contribution in [3.63, 3.8) is 0 Å². The molecule has 1 N–H and O–H groups in total. The van der Waals surface area contributed by atoms with Gasteiger partial charge in [-0.05, 0) is 49.8 Å². The first-order valence-corrected chi connectivity index (χ1v) is 7.09. The summed E-state index contributed by atoms with van der Waals surface area (Å²) in [6.45, 7) is 2.22. The molecule has 0 heterocycles. The van der Waals surface area contributed by atoms with Crippen molar-refractivity contribution in [2.45, 2.75) is 57.4 Å². The summed E-state index contributed by atoms with van der Waals surface area (Å²) in [6.07, 6.45) is 7.93. The van der Waals surface area contributed by atoms with E-state index in [9.17, 15) is 0 Å². The van der Waals surface area contributed by atoms with E-state index in [4.69, 9.17) is 0 Å². The van der Waals surface area contributed by atoms with Gasteiger partial charge in [0.05, 0.1) is 0 Å². The van der Waals surface area contributed by atoms with E-state index in [2.05, 4.69) is 43.6 Å². The molecule has 2 atom stereocenters. The fraction of sp³-hybridized carbons (Fsp3) is 0.625. The third-order valence-electron chi connectivity index (χ3n) is 4.19. The van der Waals surface area contributed by atoms with Crippen LogP contribution in [-0.4, -0.2) is 13.1 Å². The fourth-order valence-electron chi connectivity index (χ4n) is 2.95. The maximum atomic E-state index is 3.47. The van der Waals surface area contributed by atoms with Gasteiger partial charge < -0.3 is 5.32 Å². The van der Waals surface area contributed by atoms with Crippen LogP contribution in [0.1, 0.15) is 56.1 Å². The van der Waals surface area contributed by atoms with E-state index in [-0.39, 0.29) is 0 Å². The van der Waals surface area contributed by atoms with E-state index >= 15 is 0 Å². The lowest BCUT2D eigenvalue weighted by Crippen LogP contribution is -2.25. The minimum atomic E-state index is 0.716. The van der Waals surface area contributed by atoms with Crippen LogP contribution in [0, 0.1) is 0 Å². The minimum Gasteiger partial charge on any atom is -0.317 e. The summed E-state index contributed by atoms with van der Waals surface area (Å²) < 4.78 is 0. The maximum Gasteiger partial charge on any atom is 0.00698 e. The quantitative estimate of drug-likeness (QED) is 0.778. The van der Waals surface area contributed by atoms with Crippen LogP contribution in [0.25, 0.3) is 0 Å². The molecular weight excluding hydrogens is 206 g/mol. The van der Waals surface area contributed by atoms with Crippen LogP contribution in [0.4, 0.5) is 0 Å². The number of hydrogen-bond donors (Lipinski definition) is 1. The lowest BCUT2D eigenvalue weighted by atomic mass is 9.90. The minimum absolute atomic E-state index is 0.716. The van der Waals surface area contributed by atoms with Crippen LogP contribution in [0.15, 0.2) is 24.3 Å². The zero-order valence-corrected chi connectivity index (χ0v) is 11.2. The summed E-state index contributed by atoms with van der Waals surface area (Å²) in [4.78, 5) is 0. The topological polar surface area (TPSA) is 12.0 Å². The zero-order valence-electron chi connectivity index (χ0n) is 11.2. The molecule has 0 radical (unpaired) electrons. The van der Waals surface area contributed by atoms with Gasteiger partial charge in [0.1, 0.15) is 0 Å². The second kappa shape index (κ2) is 6.20. The summed E-state index contributed by atoms with van der Waals surface area (Å²) in [7, 11) is 2.10. The van der Waals surface area contributed by atoms with Gasteiger partial charge >= 0.3 is 0 Å². The molecule has 94 valence electrons. The molecule has 0 bridgehead atoms. The van der Waals surface area contributed by atoms with Crippen molar-refractivity contribution in [3.05, 3.63) is 35.4 Å². The highest BCUT2D eigenvalue weighted by molar-refractivity contribution is 5.25. The molecule has 1 saturated carbocycles. The van der Waals surface area contributed by atoms with Crippen molar-refractivity contribution in [1.29, 1.82) is 0 Å². The van der Waals surface area contributed by atoms with Crippen molar-refractivity contribution < 1.29 is 0 Å². The second-order valence-electron chi connectivity index (χ2n) is 5.30. The SMILES string of the molecule is CCc1ccc(C2CCCCC(NC)C2)cc1. The van der Waals surface area contributed by atoms with Crippen molar-refractivity contribution in [2.24, 2.45) is 0 Å². The summed E-state index contributed by atoms with van der Waals surface area (Å²) in [5.41, 5.74) is 3.00. The third-order valence-corrected chi connectivity index (χ3v) is 4.19. The van der Waals surface area contributed by atoms with E-state index in [0.717, 1.165) is 12.3 Å². The molecule has 1 fully saturated rings. The highest BCUT2D eigenvalue weighted by Gasteiger charge is 2.20. The van der Waals surface area contributed by atoms with Crippen molar-refractivity contribution in [3.8, 4) is 0 Å². The average Bonchev–Trinajstić information content (AvgIpc) is 2.64. The van der Waals surface area contributed by atoms with E-state index in [1.54, 1.807) is 5.56 Å². The normalized spacial score (nSPS) is 25.5. The molecule has 1 nitrogen and oxygen atoms in total. The molecule has 0 aliphatic heterocycles. The number of nitrogens with one attached hydrogen (secondary N) is 1. The number of hydrogen-bond acceptors (Lipinski definition) is 1. The van der Waals surface area contributed by atoms with Gasteiger partial charge in [0, 0.05) is 6.04 Å².